The third-order valence-electron chi connectivity index (χ3n) is 7.44. The summed E-state index contributed by atoms with van der Waals surface area (Å²) in [5, 5.41) is 21.2. The average molecular weight is 607 g/mol. The van der Waals surface area contributed by atoms with Gasteiger partial charge in [0.1, 0.15) is 5.82 Å². The number of hydrogen-bond donors (Lipinski definition) is 3. The zero-order valence-electron chi connectivity index (χ0n) is 22.3. The predicted octanol–water partition coefficient (Wildman–Crippen LogP) is 7.07. The van der Waals surface area contributed by atoms with Crippen LogP contribution in [0, 0.1) is 17.2 Å². The fraction of sp³-hybridized carbons (Fsp3) is 0.345. The number of nitrogens with zero attached hydrogens (tertiary/aromatic N) is 3. The summed E-state index contributed by atoms with van der Waals surface area (Å²) in [5.74, 6) is -2.39. The Kier molecular flexibility index (Phi) is 8.31. The molecule has 2 aromatic carbocycles. The van der Waals surface area contributed by atoms with Gasteiger partial charge in [0.05, 0.1) is 12.0 Å². The van der Waals surface area contributed by atoms with Gasteiger partial charge in [0.15, 0.2) is 0 Å². The molecule has 3 aromatic rings. The van der Waals surface area contributed by atoms with Crippen molar-refractivity contribution >= 4 is 22.2 Å². The van der Waals surface area contributed by atoms with Crippen molar-refractivity contribution in [2.45, 2.75) is 37.7 Å². The molecule has 1 atom stereocenters. The standard InChI is InChI=1S/C29H28F6N6S/c1-17-16-21(28(30,31)32)22(23(36)18-12-14-41(15-13-18)27-40-39-26(42-27)29(33,34)35)25(37-17)38-24(19-8-4-2-5-9-19)20-10-6-3-7-11-20/h2-11,18,21,24,36-38H,1,12-16H2. The second-order valence-electron chi connectivity index (χ2n) is 10.3. The van der Waals surface area contributed by atoms with E-state index in [1.165, 1.54) is 0 Å². The van der Waals surface area contributed by atoms with E-state index in [1.807, 2.05) is 60.7 Å². The van der Waals surface area contributed by atoms with Crippen molar-refractivity contribution in [1.29, 1.82) is 5.41 Å². The van der Waals surface area contributed by atoms with E-state index in [4.69, 9.17) is 5.41 Å². The van der Waals surface area contributed by atoms with E-state index in [0.29, 0.717) is 11.3 Å². The van der Waals surface area contributed by atoms with Crippen LogP contribution in [0.15, 0.2) is 84.3 Å². The SMILES string of the molecule is C=C1CC(C(F)(F)F)C(C(=N)C2CCN(c3nnc(C(F)(F)F)s3)CC2)=C(NC(c2ccccc2)c2ccccc2)N1. The lowest BCUT2D eigenvalue weighted by atomic mass is 9.79. The number of allylic oxidation sites excluding steroid dienone is 2. The smallest absolute Gasteiger partial charge is 0.360 e. The maximum Gasteiger partial charge on any atom is 0.445 e. The van der Waals surface area contributed by atoms with E-state index in [0.717, 1.165) is 11.1 Å². The van der Waals surface area contributed by atoms with Gasteiger partial charge in [-0.3, -0.25) is 0 Å². The fourth-order valence-corrected chi connectivity index (χ4v) is 6.13. The van der Waals surface area contributed by atoms with Crippen LogP contribution in [0.25, 0.3) is 0 Å². The van der Waals surface area contributed by atoms with Crippen LogP contribution in [0.4, 0.5) is 31.5 Å². The lowest BCUT2D eigenvalue weighted by molar-refractivity contribution is -0.163. The molecule has 3 N–H and O–H groups in total. The van der Waals surface area contributed by atoms with Crippen LogP contribution in [-0.2, 0) is 6.18 Å². The summed E-state index contributed by atoms with van der Waals surface area (Å²) in [5.41, 5.74) is 1.52. The van der Waals surface area contributed by atoms with Crippen LogP contribution in [-0.4, -0.2) is 35.2 Å². The molecule has 1 unspecified atom stereocenters. The highest BCUT2D eigenvalue weighted by molar-refractivity contribution is 7.15. The van der Waals surface area contributed by atoms with Crippen molar-refractivity contribution in [3.05, 3.63) is 100 Å². The van der Waals surface area contributed by atoms with Crippen molar-refractivity contribution in [2.24, 2.45) is 11.8 Å². The molecule has 1 aromatic heterocycles. The van der Waals surface area contributed by atoms with Gasteiger partial charge in [-0.1, -0.05) is 78.6 Å². The molecule has 5 rings (SSSR count). The Morgan fingerprint density at radius 3 is 2.02 bits per heavy atom. The van der Waals surface area contributed by atoms with E-state index in [-0.39, 0.29) is 53.9 Å². The number of hydrogen-bond acceptors (Lipinski definition) is 7. The molecule has 0 aliphatic carbocycles. The van der Waals surface area contributed by atoms with Crippen LogP contribution in [0.3, 0.4) is 0 Å². The van der Waals surface area contributed by atoms with Gasteiger partial charge in [-0.25, -0.2) is 0 Å². The van der Waals surface area contributed by atoms with E-state index in [9.17, 15) is 26.3 Å². The minimum absolute atomic E-state index is 0.0812. The van der Waals surface area contributed by atoms with E-state index in [1.54, 1.807) is 4.90 Å². The Hall–Kier alpha value is -3.87. The molecule has 0 amide bonds. The maximum atomic E-state index is 14.5. The van der Waals surface area contributed by atoms with Gasteiger partial charge in [0, 0.05) is 42.4 Å². The summed E-state index contributed by atoms with van der Waals surface area (Å²) in [6, 6.07) is 18.1. The number of alkyl halides is 6. The van der Waals surface area contributed by atoms with Crippen LogP contribution in [0.1, 0.15) is 41.4 Å². The highest BCUT2D eigenvalue weighted by atomic mass is 32.1. The molecule has 0 bridgehead atoms. The number of aromatic nitrogens is 2. The van der Waals surface area contributed by atoms with Gasteiger partial charge in [0.2, 0.25) is 10.1 Å². The van der Waals surface area contributed by atoms with E-state index in [2.05, 4.69) is 27.4 Å². The van der Waals surface area contributed by atoms with E-state index < -0.39 is 41.7 Å². The molecule has 0 radical (unpaired) electrons. The molecule has 0 spiro atoms. The average Bonchev–Trinajstić information content (AvgIpc) is 3.47. The number of anilines is 1. The summed E-state index contributed by atoms with van der Waals surface area (Å²) in [7, 11) is 0. The predicted molar refractivity (Wildman–Crippen MR) is 149 cm³/mol. The monoisotopic (exact) mass is 606 g/mol. The molecule has 6 nitrogen and oxygen atoms in total. The maximum absolute atomic E-state index is 14.5. The highest BCUT2D eigenvalue weighted by Crippen LogP contribution is 2.43. The summed E-state index contributed by atoms with van der Waals surface area (Å²) in [6.07, 6.45) is -9.08. The Morgan fingerprint density at radius 2 is 1.52 bits per heavy atom. The largest absolute Gasteiger partial charge is 0.445 e. The van der Waals surface area contributed by atoms with Gasteiger partial charge in [-0.15, -0.1) is 10.2 Å². The zero-order chi connectivity index (χ0) is 30.1. The first-order valence-electron chi connectivity index (χ1n) is 13.3. The van der Waals surface area contributed by atoms with Gasteiger partial charge in [0.25, 0.3) is 0 Å². The van der Waals surface area contributed by atoms with Gasteiger partial charge >= 0.3 is 12.4 Å². The second-order valence-corrected chi connectivity index (χ2v) is 11.2. The van der Waals surface area contributed by atoms with Crippen LogP contribution in [0.5, 0.6) is 0 Å². The molecular weight excluding hydrogens is 578 g/mol. The first-order valence-corrected chi connectivity index (χ1v) is 14.1. The van der Waals surface area contributed by atoms with Crippen molar-refractivity contribution in [3.63, 3.8) is 0 Å². The quantitative estimate of drug-likeness (QED) is 0.198. The third kappa shape index (κ3) is 6.45. The van der Waals surface area contributed by atoms with Gasteiger partial charge in [-0.2, -0.15) is 26.3 Å². The molecule has 2 aliphatic rings. The van der Waals surface area contributed by atoms with Crippen molar-refractivity contribution in [1.82, 2.24) is 20.8 Å². The minimum Gasteiger partial charge on any atom is -0.360 e. The van der Waals surface area contributed by atoms with Crippen LogP contribution < -0.4 is 15.5 Å². The molecule has 1 saturated heterocycles. The number of benzene rings is 2. The van der Waals surface area contributed by atoms with Gasteiger partial charge in [-0.05, 0) is 24.0 Å². The lowest BCUT2D eigenvalue weighted by Crippen LogP contribution is -2.45. The highest BCUT2D eigenvalue weighted by Gasteiger charge is 2.48. The lowest BCUT2D eigenvalue weighted by Gasteiger charge is -2.38. The number of halogens is 6. The summed E-state index contributed by atoms with van der Waals surface area (Å²) >= 11 is 0.428. The van der Waals surface area contributed by atoms with Crippen LogP contribution >= 0.6 is 11.3 Å². The molecule has 1 fully saturated rings. The van der Waals surface area contributed by atoms with Crippen molar-refractivity contribution in [2.75, 3.05) is 18.0 Å². The van der Waals surface area contributed by atoms with Crippen molar-refractivity contribution in [3.8, 4) is 0 Å². The molecular formula is C29H28F6N6S. The number of rotatable bonds is 7. The molecule has 3 heterocycles. The zero-order valence-corrected chi connectivity index (χ0v) is 23.1. The van der Waals surface area contributed by atoms with Crippen molar-refractivity contribution < 1.29 is 26.3 Å². The number of nitrogens with one attached hydrogen (secondary N) is 3. The number of piperidine rings is 1. The Balaban J connectivity index is 1.45. The first-order chi connectivity index (χ1) is 19.9. The molecule has 2 aliphatic heterocycles. The van der Waals surface area contributed by atoms with E-state index >= 15 is 0 Å². The Labute approximate surface area is 242 Å². The summed E-state index contributed by atoms with van der Waals surface area (Å²) in [6.45, 7) is 4.27. The third-order valence-corrected chi connectivity index (χ3v) is 8.47. The normalized spacial score (nSPS) is 18.8. The topological polar surface area (TPSA) is 76.9 Å². The fourth-order valence-electron chi connectivity index (χ4n) is 5.37. The first kappa shape index (κ1) is 29.6. The Bertz CT molecular complexity index is 1400. The molecule has 13 heteroatoms. The molecule has 42 heavy (non-hydrogen) atoms. The Morgan fingerprint density at radius 1 is 0.952 bits per heavy atom. The summed E-state index contributed by atoms with van der Waals surface area (Å²) in [4.78, 5) is 1.63. The molecule has 0 saturated carbocycles. The van der Waals surface area contributed by atoms with Crippen LogP contribution in [0.2, 0.25) is 0 Å². The minimum atomic E-state index is -4.63. The second kappa shape index (κ2) is 11.8. The van der Waals surface area contributed by atoms with Gasteiger partial charge < -0.3 is 20.9 Å². The summed E-state index contributed by atoms with van der Waals surface area (Å²) < 4.78 is 82.4. The molecule has 222 valence electrons.